The summed E-state index contributed by atoms with van der Waals surface area (Å²) in [6.45, 7) is 3.55. The number of anilines is 3. The number of amides is 1. The van der Waals surface area contributed by atoms with E-state index in [4.69, 9.17) is 4.98 Å². The van der Waals surface area contributed by atoms with E-state index in [0.29, 0.717) is 5.95 Å². The summed E-state index contributed by atoms with van der Waals surface area (Å²) in [6.07, 6.45) is 0. The standard InChI is InChI=1S/C23H20N4O/c1-15-11-12-21-20(13-15)22(17-7-4-3-5-8-17)27-23(26-21)25-19-10-6-9-18(14-19)24-16(2)28/h3-14H,1-2H3,(H,24,28)(H,25,26,27). The van der Waals surface area contributed by atoms with Crippen molar-refractivity contribution in [3.8, 4) is 11.3 Å². The maximum Gasteiger partial charge on any atom is 0.228 e. The molecule has 1 aromatic heterocycles. The summed E-state index contributed by atoms with van der Waals surface area (Å²) in [5.74, 6) is 0.399. The van der Waals surface area contributed by atoms with E-state index in [1.165, 1.54) is 6.92 Å². The summed E-state index contributed by atoms with van der Waals surface area (Å²) < 4.78 is 0. The topological polar surface area (TPSA) is 66.9 Å². The zero-order valence-electron chi connectivity index (χ0n) is 15.7. The van der Waals surface area contributed by atoms with Gasteiger partial charge in [-0.1, -0.05) is 48.0 Å². The second-order valence-electron chi connectivity index (χ2n) is 6.67. The Morgan fingerprint density at radius 3 is 2.43 bits per heavy atom. The van der Waals surface area contributed by atoms with Gasteiger partial charge in [0.2, 0.25) is 11.9 Å². The van der Waals surface area contributed by atoms with Crippen molar-refractivity contribution in [3.05, 3.63) is 78.4 Å². The van der Waals surface area contributed by atoms with Crippen LogP contribution in [-0.2, 0) is 4.79 Å². The van der Waals surface area contributed by atoms with Crippen molar-refractivity contribution in [2.45, 2.75) is 13.8 Å². The average molecular weight is 368 g/mol. The van der Waals surface area contributed by atoms with Crippen LogP contribution in [0.1, 0.15) is 12.5 Å². The molecule has 0 radical (unpaired) electrons. The number of hydrogen-bond acceptors (Lipinski definition) is 4. The first-order chi connectivity index (χ1) is 13.6. The van der Waals surface area contributed by atoms with Gasteiger partial charge in [-0.15, -0.1) is 0 Å². The van der Waals surface area contributed by atoms with E-state index in [1.54, 1.807) is 0 Å². The van der Waals surface area contributed by atoms with E-state index < -0.39 is 0 Å². The molecule has 0 unspecified atom stereocenters. The number of nitrogens with zero attached hydrogens (tertiary/aromatic N) is 2. The van der Waals surface area contributed by atoms with E-state index in [-0.39, 0.29) is 5.91 Å². The van der Waals surface area contributed by atoms with Crippen molar-refractivity contribution in [1.82, 2.24) is 9.97 Å². The lowest BCUT2D eigenvalue weighted by Gasteiger charge is -2.12. The lowest BCUT2D eigenvalue weighted by Crippen LogP contribution is -2.06. The molecule has 3 aromatic carbocycles. The number of carbonyl (C=O) groups excluding carboxylic acids is 1. The highest BCUT2D eigenvalue weighted by Crippen LogP contribution is 2.29. The molecular formula is C23H20N4O. The first-order valence-electron chi connectivity index (χ1n) is 9.07. The third kappa shape index (κ3) is 3.83. The van der Waals surface area contributed by atoms with Crippen molar-refractivity contribution in [2.24, 2.45) is 0 Å². The maximum absolute atomic E-state index is 11.3. The molecule has 5 heteroatoms. The molecule has 1 heterocycles. The van der Waals surface area contributed by atoms with Crippen LogP contribution >= 0.6 is 0 Å². The number of benzene rings is 3. The molecule has 0 bridgehead atoms. The molecule has 0 aliphatic heterocycles. The van der Waals surface area contributed by atoms with Gasteiger partial charge in [-0.25, -0.2) is 9.97 Å². The fraction of sp³-hybridized carbons (Fsp3) is 0.0870. The Labute approximate surface area is 163 Å². The van der Waals surface area contributed by atoms with Gasteiger partial charge in [-0.2, -0.15) is 0 Å². The van der Waals surface area contributed by atoms with Crippen molar-refractivity contribution in [3.63, 3.8) is 0 Å². The molecule has 0 fully saturated rings. The molecular weight excluding hydrogens is 348 g/mol. The lowest BCUT2D eigenvalue weighted by molar-refractivity contribution is -0.114. The minimum atomic E-state index is -0.110. The monoisotopic (exact) mass is 368 g/mol. The minimum absolute atomic E-state index is 0.110. The van der Waals surface area contributed by atoms with Crippen molar-refractivity contribution < 1.29 is 4.79 Å². The number of hydrogen-bond donors (Lipinski definition) is 2. The Morgan fingerprint density at radius 1 is 0.857 bits per heavy atom. The van der Waals surface area contributed by atoms with Crippen molar-refractivity contribution in [1.29, 1.82) is 0 Å². The fourth-order valence-corrected chi connectivity index (χ4v) is 3.12. The van der Waals surface area contributed by atoms with E-state index in [0.717, 1.165) is 39.1 Å². The van der Waals surface area contributed by atoms with E-state index in [2.05, 4.69) is 28.6 Å². The highest BCUT2D eigenvalue weighted by molar-refractivity contribution is 5.94. The predicted molar refractivity (Wildman–Crippen MR) is 114 cm³/mol. The van der Waals surface area contributed by atoms with Crippen LogP contribution in [0, 0.1) is 6.92 Å². The van der Waals surface area contributed by atoms with Gasteiger partial charge in [0.15, 0.2) is 0 Å². The number of fused-ring (bicyclic) bond motifs is 1. The average Bonchev–Trinajstić information content (AvgIpc) is 2.68. The number of rotatable bonds is 4. The number of nitrogens with one attached hydrogen (secondary N) is 2. The molecule has 0 aliphatic rings. The van der Waals surface area contributed by atoms with Crippen LogP contribution in [0.2, 0.25) is 0 Å². The van der Waals surface area contributed by atoms with Gasteiger partial charge in [-0.05, 0) is 37.3 Å². The molecule has 28 heavy (non-hydrogen) atoms. The van der Waals surface area contributed by atoms with Crippen LogP contribution in [0.3, 0.4) is 0 Å². The molecule has 4 rings (SSSR count). The quantitative estimate of drug-likeness (QED) is 0.512. The van der Waals surface area contributed by atoms with Crippen LogP contribution in [0.4, 0.5) is 17.3 Å². The predicted octanol–water partition coefficient (Wildman–Crippen LogP) is 5.31. The van der Waals surface area contributed by atoms with Gasteiger partial charge in [0.05, 0.1) is 11.2 Å². The van der Waals surface area contributed by atoms with Crippen LogP contribution < -0.4 is 10.6 Å². The van der Waals surface area contributed by atoms with Gasteiger partial charge in [0.1, 0.15) is 0 Å². The van der Waals surface area contributed by atoms with Crippen LogP contribution in [0.5, 0.6) is 0 Å². The molecule has 2 N–H and O–H groups in total. The lowest BCUT2D eigenvalue weighted by atomic mass is 10.0. The summed E-state index contributed by atoms with van der Waals surface area (Å²) in [6, 6.07) is 23.7. The van der Waals surface area contributed by atoms with Crippen molar-refractivity contribution in [2.75, 3.05) is 10.6 Å². The second kappa shape index (κ2) is 7.48. The fourth-order valence-electron chi connectivity index (χ4n) is 3.12. The molecule has 4 aromatic rings. The van der Waals surface area contributed by atoms with Gasteiger partial charge in [-0.3, -0.25) is 4.79 Å². The third-order valence-corrected chi connectivity index (χ3v) is 4.34. The number of aryl methyl sites for hydroxylation is 1. The van der Waals surface area contributed by atoms with Crippen molar-refractivity contribution >= 4 is 34.1 Å². The molecule has 0 saturated heterocycles. The Bertz CT molecular complexity index is 1160. The molecule has 0 saturated carbocycles. The highest BCUT2D eigenvalue weighted by atomic mass is 16.1. The Kier molecular flexibility index (Phi) is 4.72. The van der Waals surface area contributed by atoms with Gasteiger partial charge < -0.3 is 10.6 Å². The summed E-state index contributed by atoms with van der Waals surface area (Å²) in [7, 11) is 0. The minimum Gasteiger partial charge on any atom is -0.326 e. The first-order valence-corrected chi connectivity index (χ1v) is 9.07. The largest absolute Gasteiger partial charge is 0.326 e. The second-order valence-corrected chi connectivity index (χ2v) is 6.67. The molecule has 1 amide bonds. The van der Waals surface area contributed by atoms with E-state index in [9.17, 15) is 4.79 Å². The Morgan fingerprint density at radius 2 is 1.64 bits per heavy atom. The smallest absolute Gasteiger partial charge is 0.228 e. The van der Waals surface area contributed by atoms with Gasteiger partial charge >= 0.3 is 0 Å². The molecule has 0 spiro atoms. The highest BCUT2D eigenvalue weighted by Gasteiger charge is 2.11. The molecule has 5 nitrogen and oxygen atoms in total. The molecule has 0 atom stereocenters. The van der Waals surface area contributed by atoms with Crippen LogP contribution in [0.25, 0.3) is 22.2 Å². The number of aromatic nitrogens is 2. The van der Waals surface area contributed by atoms with Gasteiger partial charge in [0, 0.05) is 29.2 Å². The normalized spacial score (nSPS) is 10.6. The zero-order chi connectivity index (χ0) is 19.5. The summed E-state index contributed by atoms with van der Waals surface area (Å²) in [5.41, 5.74) is 5.48. The third-order valence-electron chi connectivity index (χ3n) is 4.34. The molecule has 138 valence electrons. The molecule has 0 aliphatic carbocycles. The van der Waals surface area contributed by atoms with E-state index >= 15 is 0 Å². The number of carbonyl (C=O) groups is 1. The Hall–Kier alpha value is -3.73. The zero-order valence-corrected chi connectivity index (χ0v) is 15.7. The summed E-state index contributed by atoms with van der Waals surface area (Å²) in [4.78, 5) is 20.8. The maximum atomic E-state index is 11.3. The van der Waals surface area contributed by atoms with E-state index in [1.807, 2.05) is 66.7 Å². The van der Waals surface area contributed by atoms with Gasteiger partial charge in [0.25, 0.3) is 0 Å². The first kappa shape index (κ1) is 17.7. The van der Waals surface area contributed by atoms with Crippen LogP contribution in [-0.4, -0.2) is 15.9 Å². The van der Waals surface area contributed by atoms with Crippen LogP contribution in [0.15, 0.2) is 72.8 Å². The SMILES string of the molecule is CC(=O)Nc1cccc(Nc2nc(-c3ccccc3)c3cc(C)ccc3n2)c1. The summed E-state index contributed by atoms with van der Waals surface area (Å²) >= 11 is 0. The summed E-state index contributed by atoms with van der Waals surface area (Å²) in [5, 5.41) is 7.06. The Balaban J connectivity index is 1.78.